The normalized spacial score (nSPS) is 11.4. The van der Waals surface area contributed by atoms with E-state index in [1.165, 1.54) is 6.08 Å². The minimum atomic E-state index is -3.99. The third kappa shape index (κ3) is 4.27. The molecule has 54 valence electrons. The number of hydrogen-bond acceptors (Lipinski definition) is 5. The van der Waals surface area contributed by atoms with Gasteiger partial charge in [-0.15, -0.1) is 6.58 Å². The fraction of sp³-hybridized carbons (Fsp3) is 0.333. The van der Waals surface area contributed by atoms with Gasteiger partial charge in [-0.3, -0.25) is 4.53 Å². The summed E-state index contributed by atoms with van der Waals surface area (Å²) in [4.78, 5) is 17.1. The lowest BCUT2D eigenvalue weighted by atomic mass is 10.7. The van der Waals surface area contributed by atoms with Gasteiger partial charge in [0, 0.05) is 0 Å². The molecule has 0 atom stereocenters. The molecule has 0 radical (unpaired) electrons. The molecule has 0 amide bonds. The fourth-order valence-corrected chi connectivity index (χ4v) is 0.605. The first-order chi connectivity index (χ1) is 4.12. The SMILES string of the molecule is C=CCO[Si](O)(O)ON. The van der Waals surface area contributed by atoms with Crippen LogP contribution in [-0.2, 0) is 8.95 Å². The van der Waals surface area contributed by atoms with Gasteiger partial charge < -0.3 is 14.0 Å². The molecule has 0 aromatic carbocycles. The molecule has 0 aromatic heterocycles. The average molecular weight is 151 g/mol. The van der Waals surface area contributed by atoms with E-state index in [-0.39, 0.29) is 6.61 Å². The molecule has 0 aliphatic carbocycles. The van der Waals surface area contributed by atoms with Gasteiger partial charge in [-0.25, -0.2) is 5.90 Å². The largest absolute Gasteiger partial charge is 0.691 e. The Kier molecular flexibility index (Phi) is 3.62. The van der Waals surface area contributed by atoms with Crippen molar-refractivity contribution in [2.24, 2.45) is 5.90 Å². The summed E-state index contributed by atoms with van der Waals surface area (Å²) in [5.41, 5.74) is 0. The molecule has 6 heteroatoms. The first-order valence-electron chi connectivity index (χ1n) is 2.20. The molecule has 5 nitrogen and oxygen atoms in total. The third-order valence-electron chi connectivity index (χ3n) is 0.543. The Morgan fingerprint density at radius 2 is 2.22 bits per heavy atom. The van der Waals surface area contributed by atoms with Gasteiger partial charge in [0.25, 0.3) is 0 Å². The van der Waals surface area contributed by atoms with E-state index >= 15 is 0 Å². The topological polar surface area (TPSA) is 84.9 Å². The lowest BCUT2D eigenvalue weighted by molar-refractivity contribution is 0.0318. The minimum Gasteiger partial charge on any atom is -0.367 e. The van der Waals surface area contributed by atoms with E-state index < -0.39 is 9.05 Å². The van der Waals surface area contributed by atoms with Crippen LogP contribution in [0, 0.1) is 0 Å². The van der Waals surface area contributed by atoms with Crippen LogP contribution in [0.25, 0.3) is 0 Å². The van der Waals surface area contributed by atoms with Crippen molar-refractivity contribution in [2.45, 2.75) is 0 Å². The van der Waals surface area contributed by atoms with Crippen LogP contribution in [0.4, 0.5) is 0 Å². The molecule has 4 N–H and O–H groups in total. The van der Waals surface area contributed by atoms with Crippen molar-refractivity contribution < 1.29 is 18.5 Å². The molecule has 0 saturated heterocycles. The number of rotatable bonds is 4. The van der Waals surface area contributed by atoms with Gasteiger partial charge >= 0.3 is 9.05 Å². The predicted molar refractivity (Wildman–Crippen MR) is 31.6 cm³/mol. The van der Waals surface area contributed by atoms with E-state index in [1.54, 1.807) is 0 Å². The zero-order valence-corrected chi connectivity index (χ0v) is 5.78. The first-order valence-corrected chi connectivity index (χ1v) is 3.91. The lowest BCUT2D eigenvalue weighted by Crippen LogP contribution is -2.45. The third-order valence-corrected chi connectivity index (χ3v) is 1.39. The lowest BCUT2D eigenvalue weighted by Gasteiger charge is -2.10. The van der Waals surface area contributed by atoms with Gasteiger partial charge in [-0.05, 0) is 0 Å². The van der Waals surface area contributed by atoms with Crippen molar-refractivity contribution in [3.63, 3.8) is 0 Å². The second-order valence-corrected chi connectivity index (χ2v) is 2.89. The number of hydrogen-bond donors (Lipinski definition) is 3. The Balaban J connectivity index is 3.44. The number of nitrogens with two attached hydrogens (primary N) is 1. The summed E-state index contributed by atoms with van der Waals surface area (Å²) in [5.74, 6) is 4.45. The van der Waals surface area contributed by atoms with Crippen LogP contribution in [0.2, 0.25) is 0 Å². The molecule has 0 aliphatic heterocycles. The maximum absolute atomic E-state index is 8.53. The summed E-state index contributed by atoms with van der Waals surface area (Å²) in [7, 11) is -3.99. The Hall–Kier alpha value is -0.243. The molecule has 0 heterocycles. The van der Waals surface area contributed by atoms with Crippen molar-refractivity contribution >= 4 is 9.05 Å². The minimum absolute atomic E-state index is 0.0103. The summed E-state index contributed by atoms with van der Waals surface area (Å²) in [6.07, 6.45) is 1.35. The molecule has 0 saturated carbocycles. The predicted octanol–water partition coefficient (Wildman–Crippen LogP) is -1.50. The molecule has 0 unspecified atom stereocenters. The quantitative estimate of drug-likeness (QED) is 0.259. The van der Waals surface area contributed by atoms with Gasteiger partial charge in [0.15, 0.2) is 0 Å². The molecule has 9 heavy (non-hydrogen) atoms. The summed E-state index contributed by atoms with van der Waals surface area (Å²) in [6, 6.07) is 0. The van der Waals surface area contributed by atoms with Crippen molar-refractivity contribution in [3.05, 3.63) is 12.7 Å². The highest BCUT2D eigenvalue weighted by Gasteiger charge is 2.35. The van der Waals surface area contributed by atoms with E-state index in [2.05, 4.69) is 21.4 Å². The van der Waals surface area contributed by atoms with Crippen molar-refractivity contribution in [1.29, 1.82) is 0 Å². The monoisotopic (exact) mass is 151 g/mol. The summed E-state index contributed by atoms with van der Waals surface area (Å²) in [5, 5.41) is 0. The van der Waals surface area contributed by atoms with Crippen molar-refractivity contribution in [1.82, 2.24) is 0 Å². The van der Waals surface area contributed by atoms with Crippen LogP contribution in [0.1, 0.15) is 0 Å². The van der Waals surface area contributed by atoms with Crippen LogP contribution < -0.4 is 5.90 Å². The molecule has 0 aromatic rings. The molecule has 0 aliphatic rings. The standard InChI is InChI=1S/C3H9NO4Si/c1-2-3-7-9(5,6)8-4/h2,5-6H,1,3-4H2. The van der Waals surface area contributed by atoms with Crippen LogP contribution in [0.5, 0.6) is 0 Å². The van der Waals surface area contributed by atoms with E-state index in [0.717, 1.165) is 0 Å². The molecular formula is C3H9NO4Si. The highest BCUT2D eigenvalue weighted by atomic mass is 28.4. The van der Waals surface area contributed by atoms with E-state index in [1.807, 2.05) is 0 Å². The maximum atomic E-state index is 8.53. The molecule has 0 bridgehead atoms. The Labute approximate surface area is 53.8 Å². The van der Waals surface area contributed by atoms with Crippen molar-refractivity contribution in [2.75, 3.05) is 6.61 Å². The van der Waals surface area contributed by atoms with E-state index in [9.17, 15) is 0 Å². The van der Waals surface area contributed by atoms with Gasteiger partial charge in [0.2, 0.25) is 0 Å². The Bertz CT molecular complexity index is 95.8. The van der Waals surface area contributed by atoms with Crippen LogP contribution in [0.3, 0.4) is 0 Å². The van der Waals surface area contributed by atoms with E-state index in [4.69, 9.17) is 9.59 Å². The second kappa shape index (κ2) is 3.72. The molecule has 0 fully saturated rings. The Morgan fingerprint density at radius 1 is 1.67 bits per heavy atom. The first kappa shape index (κ1) is 8.76. The zero-order valence-electron chi connectivity index (χ0n) is 4.78. The van der Waals surface area contributed by atoms with E-state index in [0.29, 0.717) is 0 Å². The second-order valence-electron chi connectivity index (χ2n) is 1.27. The molecule has 0 rings (SSSR count). The molecule has 0 spiro atoms. The van der Waals surface area contributed by atoms with Crippen LogP contribution in [0.15, 0.2) is 12.7 Å². The van der Waals surface area contributed by atoms with Gasteiger partial charge in [-0.1, -0.05) is 6.08 Å². The summed E-state index contributed by atoms with van der Waals surface area (Å²) >= 11 is 0. The highest BCUT2D eigenvalue weighted by Crippen LogP contribution is 1.92. The summed E-state index contributed by atoms with van der Waals surface area (Å²) in [6.45, 7) is 3.29. The van der Waals surface area contributed by atoms with Crippen LogP contribution >= 0.6 is 0 Å². The smallest absolute Gasteiger partial charge is 0.367 e. The zero-order chi connectivity index (χ0) is 7.33. The van der Waals surface area contributed by atoms with Crippen molar-refractivity contribution in [3.8, 4) is 0 Å². The maximum Gasteiger partial charge on any atom is 0.691 e. The molecular weight excluding hydrogens is 142 g/mol. The van der Waals surface area contributed by atoms with Gasteiger partial charge in [0.05, 0.1) is 6.61 Å². The van der Waals surface area contributed by atoms with Gasteiger partial charge in [-0.2, -0.15) is 0 Å². The Morgan fingerprint density at radius 3 is 2.56 bits per heavy atom. The average Bonchev–Trinajstić information content (AvgIpc) is 1.84. The highest BCUT2D eigenvalue weighted by molar-refractivity contribution is 6.50. The fourth-order valence-electron chi connectivity index (χ4n) is 0.202. The summed E-state index contributed by atoms with van der Waals surface area (Å²) < 4.78 is 8.03. The van der Waals surface area contributed by atoms with Gasteiger partial charge in [0.1, 0.15) is 0 Å². The van der Waals surface area contributed by atoms with Crippen LogP contribution in [-0.4, -0.2) is 25.2 Å².